The average Bonchev–Trinajstić information content (AvgIpc) is 2.54. The molecule has 1 aromatic rings. The molecule has 0 aliphatic carbocycles. The van der Waals surface area contributed by atoms with E-state index in [1.807, 2.05) is 0 Å². The van der Waals surface area contributed by atoms with Gasteiger partial charge in [0.25, 0.3) is 0 Å². The van der Waals surface area contributed by atoms with Crippen molar-refractivity contribution in [2.24, 2.45) is 0 Å². The van der Waals surface area contributed by atoms with E-state index in [9.17, 15) is 4.79 Å². The number of rotatable bonds is 3. The summed E-state index contributed by atoms with van der Waals surface area (Å²) in [5, 5.41) is 9.02. The minimum absolute atomic E-state index is 0.0341. The van der Waals surface area contributed by atoms with Crippen LogP contribution in [0.4, 0.5) is 0 Å². The lowest BCUT2D eigenvalue weighted by molar-refractivity contribution is -0.182. The van der Waals surface area contributed by atoms with Gasteiger partial charge in [0, 0.05) is 18.7 Å². The summed E-state index contributed by atoms with van der Waals surface area (Å²) in [5.74, 6) is -0.295. The number of aryl methyl sites for hydroxylation is 1. The zero-order valence-electron chi connectivity index (χ0n) is 12.8. The summed E-state index contributed by atoms with van der Waals surface area (Å²) in [4.78, 5) is 13.2. The molecule has 5 nitrogen and oxygen atoms in total. The predicted molar refractivity (Wildman–Crippen MR) is 74.9 cm³/mol. The topological polar surface area (TPSA) is 62.9 Å². The Morgan fingerprint density at radius 1 is 1.30 bits per heavy atom. The minimum Gasteiger partial charge on any atom is -0.475 e. The molecule has 1 N–H and O–H groups in total. The Morgan fingerprint density at radius 2 is 1.85 bits per heavy atom. The first-order valence-electron chi connectivity index (χ1n) is 6.83. The van der Waals surface area contributed by atoms with Crippen LogP contribution in [0.3, 0.4) is 0 Å². The molecule has 2 rings (SSSR count). The third-order valence-corrected chi connectivity index (χ3v) is 3.30. The third kappa shape index (κ3) is 3.41. The van der Waals surface area contributed by atoms with Crippen molar-refractivity contribution >= 4 is 5.97 Å². The fourth-order valence-electron chi connectivity index (χ4n) is 3.12. The van der Waals surface area contributed by atoms with Crippen LogP contribution in [0.1, 0.15) is 49.6 Å². The van der Waals surface area contributed by atoms with Crippen LogP contribution in [0.15, 0.2) is 10.5 Å². The quantitative estimate of drug-likeness (QED) is 0.923. The maximum atomic E-state index is 11.0. The molecule has 0 amide bonds. The number of hydrogen-bond donors (Lipinski definition) is 1. The SMILES string of the molecule is Cc1cc(CN2CC(C)(C)OC(C)(C)C2)oc1C(=O)O. The first-order valence-corrected chi connectivity index (χ1v) is 6.83. The van der Waals surface area contributed by atoms with Gasteiger partial charge in [0.15, 0.2) is 0 Å². The number of carboxylic acid groups (broad SMARTS) is 1. The lowest BCUT2D eigenvalue weighted by Gasteiger charge is -2.47. The molecule has 5 heteroatoms. The van der Waals surface area contributed by atoms with E-state index < -0.39 is 5.97 Å². The molecule has 0 spiro atoms. The lowest BCUT2D eigenvalue weighted by Crippen LogP contribution is -2.56. The number of nitrogens with zero attached hydrogens (tertiary/aromatic N) is 1. The fraction of sp³-hybridized carbons (Fsp3) is 0.667. The van der Waals surface area contributed by atoms with Gasteiger partial charge in [0.1, 0.15) is 5.76 Å². The van der Waals surface area contributed by atoms with Crippen molar-refractivity contribution in [1.82, 2.24) is 4.90 Å². The minimum atomic E-state index is -1.02. The van der Waals surface area contributed by atoms with Gasteiger partial charge in [-0.05, 0) is 40.7 Å². The highest BCUT2D eigenvalue weighted by atomic mass is 16.5. The van der Waals surface area contributed by atoms with Crippen LogP contribution in [0.2, 0.25) is 0 Å². The van der Waals surface area contributed by atoms with Gasteiger partial charge in [-0.2, -0.15) is 0 Å². The van der Waals surface area contributed by atoms with Gasteiger partial charge >= 0.3 is 5.97 Å². The smallest absolute Gasteiger partial charge is 0.372 e. The third-order valence-electron chi connectivity index (χ3n) is 3.30. The van der Waals surface area contributed by atoms with Crippen LogP contribution < -0.4 is 0 Å². The molecule has 1 aromatic heterocycles. The zero-order chi connectivity index (χ0) is 15.1. The number of carbonyl (C=O) groups is 1. The summed E-state index contributed by atoms with van der Waals surface area (Å²) >= 11 is 0. The first kappa shape index (κ1) is 15.1. The molecule has 1 saturated heterocycles. The number of aromatic carboxylic acids is 1. The Labute approximate surface area is 119 Å². The van der Waals surface area contributed by atoms with Crippen molar-refractivity contribution in [3.05, 3.63) is 23.2 Å². The van der Waals surface area contributed by atoms with E-state index in [2.05, 4.69) is 32.6 Å². The molecule has 20 heavy (non-hydrogen) atoms. The molecule has 0 radical (unpaired) electrons. The zero-order valence-corrected chi connectivity index (χ0v) is 12.8. The first-order chi connectivity index (χ1) is 9.08. The molecule has 0 atom stereocenters. The van der Waals surface area contributed by atoms with E-state index in [1.165, 1.54) is 0 Å². The summed E-state index contributed by atoms with van der Waals surface area (Å²) in [6.45, 7) is 12.2. The van der Waals surface area contributed by atoms with Gasteiger partial charge in [-0.1, -0.05) is 0 Å². The highest BCUT2D eigenvalue weighted by Crippen LogP contribution is 2.29. The van der Waals surface area contributed by atoms with E-state index in [4.69, 9.17) is 14.3 Å². The molecule has 0 bridgehead atoms. The Morgan fingerprint density at radius 3 is 2.30 bits per heavy atom. The van der Waals surface area contributed by atoms with Crippen LogP contribution in [0, 0.1) is 6.92 Å². The van der Waals surface area contributed by atoms with E-state index in [0.29, 0.717) is 17.9 Å². The van der Waals surface area contributed by atoms with Crippen molar-refractivity contribution in [1.29, 1.82) is 0 Å². The Bertz CT molecular complexity index is 500. The summed E-state index contributed by atoms with van der Waals surface area (Å²) in [6, 6.07) is 1.80. The van der Waals surface area contributed by atoms with Crippen molar-refractivity contribution < 1.29 is 19.1 Å². The molecule has 0 aromatic carbocycles. The van der Waals surface area contributed by atoms with Crippen molar-refractivity contribution in [2.75, 3.05) is 13.1 Å². The van der Waals surface area contributed by atoms with Crippen LogP contribution in [0.25, 0.3) is 0 Å². The average molecular weight is 281 g/mol. The molecule has 1 aliphatic rings. The summed E-state index contributed by atoms with van der Waals surface area (Å²) in [6.07, 6.45) is 0. The molecule has 2 heterocycles. The van der Waals surface area contributed by atoms with Gasteiger partial charge < -0.3 is 14.3 Å². The molecule has 0 unspecified atom stereocenters. The summed E-state index contributed by atoms with van der Waals surface area (Å²) < 4.78 is 11.5. The largest absolute Gasteiger partial charge is 0.475 e. The van der Waals surface area contributed by atoms with E-state index in [-0.39, 0.29) is 17.0 Å². The molecule has 1 fully saturated rings. The second-order valence-electron chi connectivity index (χ2n) is 6.80. The fourth-order valence-corrected chi connectivity index (χ4v) is 3.12. The van der Waals surface area contributed by atoms with Gasteiger partial charge in [-0.3, -0.25) is 4.90 Å². The van der Waals surface area contributed by atoms with Crippen LogP contribution >= 0.6 is 0 Å². The number of morpholine rings is 1. The van der Waals surface area contributed by atoms with E-state index in [0.717, 1.165) is 13.1 Å². The van der Waals surface area contributed by atoms with Gasteiger partial charge in [-0.25, -0.2) is 4.79 Å². The van der Waals surface area contributed by atoms with Gasteiger partial charge in [0.2, 0.25) is 5.76 Å². The van der Waals surface area contributed by atoms with Gasteiger partial charge in [0.05, 0.1) is 17.7 Å². The van der Waals surface area contributed by atoms with Crippen molar-refractivity contribution in [2.45, 2.75) is 52.4 Å². The van der Waals surface area contributed by atoms with Crippen LogP contribution in [-0.4, -0.2) is 40.3 Å². The second-order valence-corrected chi connectivity index (χ2v) is 6.80. The monoisotopic (exact) mass is 281 g/mol. The Hall–Kier alpha value is -1.33. The number of carboxylic acids is 1. The van der Waals surface area contributed by atoms with Gasteiger partial charge in [-0.15, -0.1) is 0 Å². The predicted octanol–water partition coefficient (Wildman–Crippen LogP) is 2.68. The maximum absolute atomic E-state index is 11.0. The molecular formula is C15H23NO4. The number of furan rings is 1. The number of ether oxygens (including phenoxy) is 1. The van der Waals surface area contributed by atoms with E-state index >= 15 is 0 Å². The highest BCUT2D eigenvalue weighted by Gasteiger charge is 2.38. The standard InChI is InChI=1S/C15H23NO4/c1-10-6-11(19-12(10)13(17)18)7-16-8-14(2,3)20-15(4,5)9-16/h6H,7-9H2,1-5H3,(H,17,18). The highest BCUT2D eigenvalue weighted by molar-refractivity contribution is 5.86. The molecule has 0 saturated carbocycles. The normalized spacial score (nSPS) is 21.9. The van der Waals surface area contributed by atoms with Crippen molar-refractivity contribution in [3.63, 3.8) is 0 Å². The Balaban J connectivity index is 2.13. The maximum Gasteiger partial charge on any atom is 0.372 e. The summed E-state index contributed by atoms with van der Waals surface area (Å²) in [7, 11) is 0. The summed E-state index contributed by atoms with van der Waals surface area (Å²) in [5.41, 5.74) is 0.220. The van der Waals surface area contributed by atoms with Crippen molar-refractivity contribution in [3.8, 4) is 0 Å². The van der Waals surface area contributed by atoms with E-state index in [1.54, 1.807) is 13.0 Å². The van der Waals surface area contributed by atoms with Crippen LogP contribution in [-0.2, 0) is 11.3 Å². The second kappa shape index (κ2) is 4.90. The van der Waals surface area contributed by atoms with Crippen LogP contribution in [0.5, 0.6) is 0 Å². The molecule has 1 aliphatic heterocycles. The Kier molecular flexibility index (Phi) is 3.69. The lowest BCUT2D eigenvalue weighted by atomic mass is 9.99. The molecular weight excluding hydrogens is 258 g/mol. The number of hydrogen-bond acceptors (Lipinski definition) is 4. The molecule has 112 valence electrons.